The first-order valence-electron chi connectivity index (χ1n) is 9.22. The van der Waals surface area contributed by atoms with Crippen LogP contribution in [0.3, 0.4) is 0 Å². The van der Waals surface area contributed by atoms with Crippen molar-refractivity contribution in [3.8, 4) is 11.3 Å². The molecule has 0 bridgehead atoms. The molecule has 1 amide bonds. The van der Waals surface area contributed by atoms with Crippen molar-refractivity contribution < 1.29 is 9.53 Å². The molecule has 0 aliphatic heterocycles. The van der Waals surface area contributed by atoms with Crippen molar-refractivity contribution in [3.63, 3.8) is 0 Å². The Labute approximate surface area is 154 Å². The van der Waals surface area contributed by atoms with Gasteiger partial charge in [0.1, 0.15) is 5.82 Å². The van der Waals surface area contributed by atoms with Crippen LogP contribution in [0.15, 0.2) is 30.6 Å². The second kappa shape index (κ2) is 8.85. The Kier molecular flexibility index (Phi) is 6.28. The molecular formula is C20H26N4O2. The Hall–Kier alpha value is -2.34. The van der Waals surface area contributed by atoms with Crippen molar-refractivity contribution in [3.05, 3.63) is 42.1 Å². The molecule has 6 nitrogen and oxygen atoms in total. The van der Waals surface area contributed by atoms with Gasteiger partial charge in [0.15, 0.2) is 0 Å². The summed E-state index contributed by atoms with van der Waals surface area (Å²) in [6.07, 6.45) is 8.29. The third kappa shape index (κ3) is 4.64. The first-order chi connectivity index (χ1) is 12.7. The number of amides is 1. The van der Waals surface area contributed by atoms with Crippen LogP contribution in [0.4, 0.5) is 0 Å². The molecule has 2 atom stereocenters. The van der Waals surface area contributed by atoms with E-state index in [-0.39, 0.29) is 17.9 Å². The largest absolute Gasteiger partial charge is 0.381 e. The number of hydrogen-bond donors (Lipinski definition) is 1. The standard InChI is InChI=1S/C20H26N4O2/c1-14-23-13-17(18-8-3-4-10-21-18)19(24-14)9-11-22-20(25)15-6-5-7-16(12-15)26-2/h3-4,8,10,13,15-16H,5-7,9,11-12H2,1-2H3,(H,22,25)/t15-,16-/m1/s1. The highest BCUT2D eigenvalue weighted by Gasteiger charge is 2.26. The molecule has 2 heterocycles. The summed E-state index contributed by atoms with van der Waals surface area (Å²) in [7, 11) is 1.72. The van der Waals surface area contributed by atoms with Gasteiger partial charge in [-0.15, -0.1) is 0 Å². The third-order valence-electron chi connectivity index (χ3n) is 4.92. The number of carbonyl (C=O) groups excluding carboxylic acids is 1. The van der Waals surface area contributed by atoms with Gasteiger partial charge < -0.3 is 10.1 Å². The molecule has 26 heavy (non-hydrogen) atoms. The zero-order valence-electron chi connectivity index (χ0n) is 15.4. The van der Waals surface area contributed by atoms with Crippen LogP contribution in [0.2, 0.25) is 0 Å². The van der Waals surface area contributed by atoms with Crippen molar-refractivity contribution >= 4 is 5.91 Å². The summed E-state index contributed by atoms with van der Waals surface area (Å²) in [6.45, 7) is 2.43. The quantitative estimate of drug-likeness (QED) is 0.863. The minimum Gasteiger partial charge on any atom is -0.381 e. The molecule has 138 valence electrons. The van der Waals surface area contributed by atoms with Crippen LogP contribution in [-0.2, 0) is 16.0 Å². The van der Waals surface area contributed by atoms with Crippen LogP contribution in [0, 0.1) is 12.8 Å². The average molecular weight is 354 g/mol. The maximum Gasteiger partial charge on any atom is 0.223 e. The lowest BCUT2D eigenvalue weighted by Crippen LogP contribution is -2.36. The summed E-state index contributed by atoms with van der Waals surface area (Å²) in [6, 6.07) is 5.78. The van der Waals surface area contributed by atoms with E-state index in [1.807, 2.05) is 31.3 Å². The second-order valence-corrected chi connectivity index (χ2v) is 6.75. The molecule has 0 spiro atoms. The molecule has 3 rings (SSSR count). The van der Waals surface area contributed by atoms with Gasteiger partial charge in [-0.05, 0) is 38.3 Å². The summed E-state index contributed by atoms with van der Waals surface area (Å²) >= 11 is 0. The Balaban J connectivity index is 1.61. The van der Waals surface area contributed by atoms with Crippen LogP contribution in [0.1, 0.15) is 37.2 Å². The fraction of sp³-hybridized carbons (Fsp3) is 0.500. The van der Waals surface area contributed by atoms with E-state index in [0.717, 1.165) is 48.5 Å². The van der Waals surface area contributed by atoms with Gasteiger partial charge in [0.25, 0.3) is 0 Å². The Morgan fingerprint density at radius 3 is 2.96 bits per heavy atom. The number of ether oxygens (including phenoxy) is 1. The molecule has 0 saturated heterocycles. The zero-order valence-corrected chi connectivity index (χ0v) is 15.4. The normalized spacial score (nSPS) is 19.9. The maximum absolute atomic E-state index is 12.5. The van der Waals surface area contributed by atoms with E-state index in [4.69, 9.17) is 4.74 Å². The molecule has 0 unspecified atom stereocenters. The minimum atomic E-state index is 0.0519. The van der Waals surface area contributed by atoms with Gasteiger partial charge in [-0.25, -0.2) is 9.97 Å². The SMILES string of the molecule is CO[C@@H]1CCC[C@@H](C(=O)NCCc2nc(C)ncc2-c2ccccn2)C1. The predicted molar refractivity (Wildman–Crippen MR) is 99.5 cm³/mol. The Morgan fingerprint density at radius 1 is 1.31 bits per heavy atom. The number of aromatic nitrogens is 3. The van der Waals surface area contributed by atoms with Gasteiger partial charge in [0.05, 0.1) is 17.5 Å². The van der Waals surface area contributed by atoms with Crippen LogP contribution in [-0.4, -0.2) is 40.6 Å². The van der Waals surface area contributed by atoms with E-state index in [0.29, 0.717) is 13.0 Å². The zero-order chi connectivity index (χ0) is 18.4. The predicted octanol–water partition coefficient (Wildman–Crippen LogP) is 2.71. The van der Waals surface area contributed by atoms with Crippen LogP contribution >= 0.6 is 0 Å². The maximum atomic E-state index is 12.5. The van der Waals surface area contributed by atoms with E-state index in [2.05, 4.69) is 20.3 Å². The molecule has 2 aromatic rings. The number of rotatable bonds is 6. The topological polar surface area (TPSA) is 77.0 Å². The monoisotopic (exact) mass is 354 g/mol. The van der Waals surface area contributed by atoms with Crippen molar-refractivity contribution in [2.24, 2.45) is 5.92 Å². The number of nitrogens with zero attached hydrogens (tertiary/aromatic N) is 3. The van der Waals surface area contributed by atoms with Gasteiger partial charge in [0, 0.05) is 44.0 Å². The Bertz CT molecular complexity index is 736. The summed E-state index contributed by atoms with van der Waals surface area (Å²) < 4.78 is 5.42. The summed E-state index contributed by atoms with van der Waals surface area (Å²) in [4.78, 5) is 25.7. The van der Waals surface area contributed by atoms with Gasteiger partial charge in [-0.2, -0.15) is 0 Å². The molecule has 1 fully saturated rings. The van der Waals surface area contributed by atoms with Crippen molar-refractivity contribution in [1.82, 2.24) is 20.3 Å². The molecule has 2 aromatic heterocycles. The average Bonchev–Trinajstić information content (AvgIpc) is 2.69. The van der Waals surface area contributed by atoms with Crippen molar-refractivity contribution in [2.75, 3.05) is 13.7 Å². The highest BCUT2D eigenvalue weighted by Crippen LogP contribution is 2.26. The van der Waals surface area contributed by atoms with Gasteiger partial charge in [-0.1, -0.05) is 12.5 Å². The number of aryl methyl sites for hydroxylation is 1. The lowest BCUT2D eigenvalue weighted by Gasteiger charge is -2.27. The van der Waals surface area contributed by atoms with Crippen molar-refractivity contribution in [2.45, 2.75) is 45.1 Å². The van der Waals surface area contributed by atoms with E-state index in [1.165, 1.54) is 0 Å². The molecule has 1 saturated carbocycles. The van der Waals surface area contributed by atoms with E-state index in [9.17, 15) is 4.79 Å². The highest BCUT2D eigenvalue weighted by molar-refractivity contribution is 5.78. The number of carbonyl (C=O) groups is 1. The van der Waals surface area contributed by atoms with Crippen LogP contribution in [0.5, 0.6) is 0 Å². The van der Waals surface area contributed by atoms with Crippen LogP contribution in [0.25, 0.3) is 11.3 Å². The molecule has 1 N–H and O–H groups in total. The lowest BCUT2D eigenvalue weighted by molar-refractivity contribution is -0.127. The third-order valence-corrected chi connectivity index (χ3v) is 4.92. The number of nitrogens with one attached hydrogen (secondary N) is 1. The molecule has 1 aliphatic rings. The van der Waals surface area contributed by atoms with Gasteiger partial charge >= 0.3 is 0 Å². The number of hydrogen-bond acceptors (Lipinski definition) is 5. The number of pyridine rings is 1. The molecular weight excluding hydrogens is 328 g/mol. The van der Waals surface area contributed by atoms with Crippen molar-refractivity contribution in [1.29, 1.82) is 0 Å². The van der Waals surface area contributed by atoms with E-state index >= 15 is 0 Å². The van der Waals surface area contributed by atoms with Gasteiger partial charge in [-0.3, -0.25) is 9.78 Å². The Morgan fingerprint density at radius 2 is 2.19 bits per heavy atom. The lowest BCUT2D eigenvalue weighted by atomic mass is 9.86. The fourth-order valence-corrected chi connectivity index (χ4v) is 3.49. The summed E-state index contributed by atoms with van der Waals surface area (Å²) in [5.74, 6) is 0.897. The highest BCUT2D eigenvalue weighted by atomic mass is 16.5. The fourth-order valence-electron chi connectivity index (χ4n) is 3.49. The minimum absolute atomic E-state index is 0.0519. The second-order valence-electron chi connectivity index (χ2n) is 6.75. The molecule has 6 heteroatoms. The van der Waals surface area contributed by atoms with E-state index in [1.54, 1.807) is 13.3 Å². The summed E-state index contributed by atoms with van der Waals surface area (Å²) in [5.41, 5.74) is 2.68. The molecule has 0 aromatic carbocycles. The smallest absolute Gasteiger partial charge is 0.223 e. The number of methoxy groups -OCH3 is 1. The van der Waals surface area contributed by atoms with E-state index < -0.39 is 0 Å². The molecule has 0 radical (unpaired) electrons. The van der Waals surface area contributed by atoms with Gasteiger partial charge in [0.2, 0.25) is 5.91 Å². The summed E-state index contributed by atoms with van der Waals surface area (Å²) in [5, 5.41) is 3.07. The first-order valence-corrected chi connectivity index (χ1v) is 9.22. The van der Waals surface area contributed by atoms with Crippen LogP contribution < -0.4 is 5.32 Å². The first kappa shape index (κ1) is 18.5. The molecule has 1 aliphatic carbocycles.